The summed E-state index contributed by atoms with van der Waals surface area (Å²) in [4.78, 5) is 9.67. The number of aromatic nitrogens is 3. The zero-order valence-electron chi connectivity index (χ0n) is 14.8. The second-order valence-electron chi connectivity index (χ2n) is 6.93. The molecule has 0 spiro atoms. The fourth-order valence-corrected chi connectivity index (χ4v) is 3.39. The van der Waals surface area contributed by atoms with E-state index in [9.17, 15) is 0 Å². The maximum absolute atomic E-state index is 5.91. The SMILES string of the molecule is COC1(C)c2ccccc2C(c2nnc3ccccc3n2)=NC1(C)C. The molecule has 1 unspecified atom stereocenters. The third kappa shape index (κ3) is 2.27. The average Bonchev–Trinajstić information content (AvgIpc) is 2.64. The quantitative estimate of drug-likeness (QED) is 0.720. The van der Waals surface area contributed by atoms with E-state index < -0.39 is 11.1 Å². The molecule has 1 aliphatic rings. The van der Waals surface area contributed by atoms with Gasteiger partial charge in [0.05, 0.1) is 11.1 Å². The van der Waals surface area contributed by atoms with Crippen molar-refractivity contribution in [2.45, 2.75) is 31.9 Å². The van der Waals surface area contributed by atoms with E-state index in [0.717, 1.165) is 27.9 Å². The topological polar surface area (TPSA) is 60.3 Å². The van der Waals surface area contributed by atoms with Crippen LogP contribution >= 0.6 is 0 Å². The molecule has 1 aliphatic heterocycles. The number of benzene rings is 2. The van der Waals surface area contributed by atoms with Crippen molar-refractivity contribution in [2.75, 3.05) is 7.11 Å². The Hall–Kier alpha value is -2.66. The fourth-order valence-electron chi connectivity index (χ4n) is 3.39. The normalized spacial score (nSPS) is 21.7. The zero-order chi connectivity index (χ0) is 17.7. The molecule has 5 heteroatoms. The van der Waals surface area contributed by atoms with Crippen LogP contribution in [0.15, 0.2) is 53.5 Å². The Morgan fingerprint density at radius 3 is 2.28 bits per heavy atom. The summed E-state index contributed by atoms with van der Waals surface area (Å²) in [6, 6.07) is 15.9. The Morgan fingerprint density at radius 1 is 0.840 bits per heavy atom. The lowest BCUT2D eigenvalue weighted by Crippen LogP contribution is -2.49. The lowest BCUT2D eigenvalue weighted by molar-refractivity contribution is -0.0520. The first-order valence-corrected chi connectivity index (χ1v) is 8.31. The summed E-state index contributed by atoms with van der Waals surface area (Å²) in [5.41, 5.74) is 3.42. The van der Waals surface area contributed by atoms with E-state index in [1.807, 2.05) is 42.5 Å². The molecule has 0 bridgehead atoms. The van der Waals surface area contributed by atoms with Crippen LogP contribution in [0.3, 0.4) is 0 Å². The van der Waals surface area contributed by atoms with Gasteiger partial charge in [0.2, 0.25) is 5.82 Å². The molecule has 0 aliphatic carbocycles. The number of hydrogen-bond acceptors (Lipinski definition) is 5. The summed E-state index contributed by atoms with van der Waals surface area (Å²) in [6.45, 7) is 6.22. The van der Waals surface area contributed by atoms with Crippen LogP contribution < -0.4 is 0 Å². The molecule has 2 aromatic carbocycles. The van der Waals surface area contributed by atoms with E-state index in [0.29, 0.717) is 5.82 Å². The molecule has 0 saturated heterocycles. The molecule has 126 valence electrons. The minimum absolute atomic E-state index is 0.472. The van der Waals surface area contributed by atoms with Crippen molar-refractivity contribution in [1.82, 2.24) is 15.2 Å². The Balaban J connectivity index is 1.97. The van der Waals surface area contributed by atoms with E-state index in [2.05, 4.69) is 37.0 Å². The number of hydrogen-bond donors (Lipinski definition) is 0. The smallest absolute Gasteiger partial charge is 0.201 e. The van der Waals surface area contributed by atoms with Gasteiger partial charge in [-0.15, -0.1) is 10.2 Å². The van der Waals surface area contributed by atoms with E-state index in [-0.39, 0.29) is 0 Å². The van der Waals surface area contributed by atoms with Gasteiger partial charge in [0.1, 0.15) is 16.8 Å². The number of fused-ring (bicyclic) bond motifs is 2. The summed E-state index contributed by atoms with van der Waals surface area (Å²) >= 11 is 0. The minimum atomic E-state index is -0.530. The van der Waals surface area contributed by atoms with Crippen LogP contribution in [0.4, 0.5) is 0 Å². The second kappa shape index (κ2) is 5.43. The highest BCUT2D eigenvalue weighted by molar-refractivity contribution is 6.13. The summed E-state index contributed by atoms with van der Waals surface area (Å²) in [5, 5.41) is 8.64. The van der Waals surface area contributed by atoms with Gasteiger partial charge >= 0.3 is 0 Å². The first-order chi connectivity index (χ1) is 12.0. The van der Waals surface area contributed by atoms with Gasteiger partial charge in [-0.3, -0.25) is 4.99 Å². The van der Waals surface area contributed by atoms with Crippen LogP contribution in [0, 0.1) is 0 Å². The maximum atomic E-state index is 5.91. The summed E-state index contributed by atoms with van der Waals surface area (Å²) in [5.74, 6) is 0.539. The highest BCUT2D eigenvalue weighted by Gasteiger charge is 2.48. The molecule has 0 saturated carbocycles. The predicted molar refractivity (Wildman–Crippen MR) is 97.9 cm³/mol. The van der Waals surface area contributed by atoms with Crippen LogP contribution in [0.5, 0.6) is 0 Å². The lowest BCUT2D eigenvalue weighted by atomic mass is 9.73. The molecule has 2 heterocycles. The van der Waals surface area contributed by atoms with Gasteiger partial charge in [-0.05, 0) is 38.5 Å². The van der Waals surface area contributed by atoms with Crippen molar-refractivity contribution < 1.29 is 4.74 Å². The van der Waals surface area contributed by atoms with Crippen molar-refractivity contribution in [3.05, 3.63) is 65.5 Å². The number of ether oxygens (including phenoxy) is 1. The average molecular weight is 332 g/mol. The molecule has 1 aromatic heterocycles. The van der Waals surface area contributed by atoms with Crippen LogP contribution in [0.1, 0.15) is 37.7 Å². The number of aliphatic imine (C=N–C) groups is 1. The molecule has 1 atom stereocenters. The van der Waals surface area contributed by atoms with Crippen molar-refractivity contribution in [3.63, 3.8) is 0 Å². The van der Waals surface area contributed by atoms with E-state index in [1.165, 1.54) is 0 Å². The number of nitrogens with zero attached hydrogens (tertiary/aromatic N) is 4. The van der Waals surface area contributed by atoms with E-state index >= 15 is 0 Å². The van der Waals surface area contributed by atoms with Gasteiger partial charge in [-0.25, -0.2) is 4.98 Å². The van der Waals surface area contributed by atoms with Gasteiger partial charge in [0.25, 0.3) is 0 Å². The van der Waals surface area contributed by atoms with E-state index in [4.69, 9.17) is 14.7 Å². The highest BCUT2D eigenvalue weighted by Crippen LogP contribution is 2.44. The Morgan fingerprint density at radius 2 is 1.52 bits per heavy atom. The van der Waals surface area contributed by atoms with Crippen molar-refractivity contribution in [1.29, 1.82) is 0 Å². The molecule has 5 nitrogen and oxygen atoms in total. The molecule has 4 rings (SSSR count). The Labute approximate surface area is 146 Å². The Kier molecular flexibility index (Phi) is 3.44. The summed E-state index contributed by atoms with van der Waals surface area (Å²) < 4.78 is 5.91. The number of rotatable bonds is 2. The largest absolute Gasteiger partial charge is 0.371 e. The molecule has 0 amide bonds. The molecule has 25 heavy (non-hydrogen) atoms. The molecule has 3 aromatic rings. The lowest BCUT2D eigenvalue weighted by Gasteiger charge is -2.45. The minimum Gasteiger partial charge on any atom is -0.371 e. The van der Waals surface area contributed by atoms with Gasteiger partial charge in [-0.1, -0.05) is 36.4 Å². The van der Waals surface area contributed by atoms with Crippen LogP contribution in [-0.2, 0) is 10.3 Å². The van der Waals surface area contributed by atoms with Crippen LogP contribution in [-0.4, -0.2) is 33.5 Å². The molecular weight excluding hydrogens is 312 g/mol. The highest BCUT2D eigenvalue weighted by atomic mass is 16.5. The third-order valence-corrected chi connectivity index (χ3v) is 5.24. The van der Waals surface area contributed by atoms with Crippen molar-refractivity contribution >= 4 is 16.7 Å². The molecule has 0 N–H and O–H groups in total. The van der Waals surface area contributed by atoms with Crippen LogP contribution in [0.2, 0.25) is 0 Å². The first kappa shape index (κ1) is 15.8. The first-order valence-electron chi connectivity index (χ1n) is 8.31. The third-order valence-electron chi connectivity index (χ3n) is 5.24. The molecule has 0 fully saturated rings. The predicted octanol–water partition coefficient (Wildman–Crippen LogP) is 3.52. The maximum Gasteiger partial charge on any atom is 0.201 e. The standard InChI is InChI=1S/C20H20N4O/c1-19(2)20(3,25-4)14-10-6-5-9-13(14)17(22-19)18-21-15-11-7-8-12-16(15)23-24-18/h5-12H,1-4H3. The second-order valence-corrected chi connectivity index (χ2v) is 6.93. The summed E-state index contributed by atoms with van der Waals surface area (Å²) in [7, 11) is 1.73. The number of para-hydroxylation sites is 1. The number of methoxy groups -OCH3 is 1. The van der Waals surface area contributed by atoms with Gasteiger partial charge in [0, 0.05) is 12.7 Å². The van der Waals surface area contributed by atoms with Crippen molar-refractivity contribution in [2.24, 2.45) is 4.99 Å². The monoisotopic (exact) mass is 332 g/mol. The zero-order valence-corrected chi connectivity index (χ0v) is 14.8. The fraction of sp³-hybridized carbons (Fsp3) is 0.300. The summed E-state index contributed by atoms with van der Waals surface area (Å²) in [6.07, 6.45) is 0. The van der Waals surface area contributed by atoms with Crippen LogP contribution in [0.25, 0.3) is 11.0 Å². The molecule has 0 radical (unpaired) electrons. The van der Waals surface area contributed by atoms with Gasteiger partial charge in [0.15, 0.2) is 0 Å². The Bertz CT molecular complexity index is 996. The van der Waals surface area contributed by atoms with Gasteiger partial charge in [-0.2, -0.15) is 0 Å². The van der Waals surface area contributed by atoms with Crippen molar-refractivity contribution in [3.8, 4) is 0 Å². The molecular formula is C20H20N4O. The van der Waals surface area contributed by atoms with E-state index in [1.54, 1.807) is 7.11 Å². The van der Waals surface area contributed by atoms with Gasteiger partial charge < -0.3 is 4.74 Å².